The summed E-state index contributed by atoms with van der Waals surface area (Å²) < 4.78 is 17.1. The van der Waals surface area contributed by atoms with Crippen LogP contribution < -0.4 is 24.4 Å². The number of imide groups is 2. The maximum absolute atomic E-state index is 13.0. The zero-order chi connectivity index (χ0) is 20.5. The Hall–Kier alpha value is -3.33. The van der Waals surface area contributed by atoms with Crippen molar-refractivity contribution in [2.45, 2.75) is 6.92 Å². The van der Waals surface area contributed by atoms with Gasteiger partial charge in [0.05, 0.1) is 12.3 Å². The molecule has 0 spiro atoms. The van der Waals surface area contributed by atoms with Gasteiger partial charge >= 0.3 is 6.03 Å². The van der Waals surface area contributed by atoms with E-state index in [1.165, 1.54) is 6.08 Å². The smallest absolute Gasteiger partial charge is 0.335 e. The molecule has 0 unspecified atom stereocenters. The van der Waals surface area contributed by atoms with Gasteiger partial charge in [0.1, 0.15) is 11.3 Å². The fourth-order valence-electron chi connectivity index (χ4n) is 2.97. The van der Waals surface area contributed by atoms with Gasteiger partial charge in [0.15, 0.2) is 11.5 Å². The maximum atomic E-state index is 13.0. The number of halogens is 1. The number of fused-ring (bicyclic) bond motifs is 1. The van der Waals surface area contributed by atoms with Crippen LogP contribution in [0.15, 0.2) is 46.4 Å². The van der Waals surface area contributed by atoms with Crippen LogP contribution in [0.4, 0.5) is 10.5 Å². The van der Waals surface area contributed by atoms with Gasteiger partial charge in [-0.15, -0.1) is 0 Å². The van der Waals surface area contributed by atoms with E-state index in [9.17, 15) is 14.4 Å². The highest BCUT2D eigenvalue weighted by Crippen LogP contribution is 2.39. The lowest BCUT2D eigenvalue weighted by Crippen LogP contribution is -2.54. The molecule has 1 fully saturated rings. The van der Waals surface area contributed by atoms with Gasteiger partial charge in [-0.3, -0.25) is 14.9 Å². The Labute approximate surface area is 174 Å². The Bertz CT molecular complexity index is 1050. The minimum Gasteiger partial charge on any atom is -0.493 e. The SMILES string of the molecule is CCOc1cc2c(cc1/C=C1\C(=O)NC(=O)N(c3ccc(Br)cc3)C1=O)OCO2. The van der Waals surface area contributed by atoms with Crippen molar-refractivity contribution in [2.24, 2.45) is 0 Å². The molecule has 0 aromatic heterocycles. The summed E-state index contributed by atoms with van der Waals surface area (Å²) in [7, 11) is 0. The summed E-state index contributed by atoms with van der Waals surface area (Å²) in [6, 6.07) is 9.04. The number of hydrogen-bond acceptors (Lipinski definition) is 6. The van der Waals surface area contributed by atoms with Crippen LogP contribution in [-0.4, -0.2) is 31.2 Å². The van der Waals surface area contributed by atoms with Crippen LogP contribution >= 0.6 is 15.9 Å². The first-order valence-electron chi connectivity index (χ1n) is 8.71. The highest BCUT2D eigenvalue weighted by Gasteiger charge is 2.37. The molecule has 0 atom stereocenters. The first-order valence-corrected chi connectivity index (χ1v) is 9.50. The Balaban J connectivity index is 1.76. The van der Waals surface area contributed by atoms with Crippen molar-refractivity contribution in [3.63, 3.8) is 0 Å². The molecule has 29 heavy (non-hydrogen) atoms. The number of nitrogens with zero attached hydrogens (tertiary/aromatic N) is 1. The van der Waals surface area contributed by atoms with Gasteiger partial charge in [-0.1, -0.05) is 15.9 Å². The fourth-order valence-corrected chi connectivity index (χ4v) is 3.23. The Morgan fingerprint density at radius 2 is 1.83 bits per heavy atom. The van der Waals surface area contributed by atoms with Gasteiger partial charge in [-0.05, 0) is 43.3 Å². The molecule has 2 heterocycles. The highest BCUT2D eigenvalue weighted by atomic mass is 79.9. The van der Waals surface area contributed by atoms with Gasteiger partial charge < -0.3 is 14.2 Å². The molecule has 148 valence electrons. The van der Waals surface area contributed by atoms with Gasteiger partial charge in [0.25, 0.3) is 11.8 Å². The van der Waals surface area contributed by atoms with Crippen LogP contribution in [0.1, 0.15) is 12.5 Å². The van der Waals surface area contributed by atoms with E-state index >= 15 is 0 Å². The van der Waals surface area contributed by atoms with Gasteiger partial charge in [-0.2, -0.15) is 0 Å². The van der Waals surface area contributed by atoms with E-state index in [1.807, 2.05) is 6.92 Å². The van der Waals surface area contributed by atoms with Crippen LogP contribution in [0.25, 0.3) is 6.08 Å². The number of barbiturate groups is 1. The molecule has 0 radical (unpaired) electrons. The number of benzene rings is 2. The molecule has 9 heteroatoms. The number of nitrogens with one attached hydrogen (secondary N) is 1. The lowest BCUT2D eigenvalue weighted by atomic mass is 10.1. The predicted molar refractivity (Wildman–Crippen MR) is 107 cm³/mol. The monoisotopic (exact) mass is 458 g/mol. The Kier molecular flexibility index (Phi) is 4.98. The molecule has 2 aliphatic heterocycles. The minimum atomic E-state index is -0.810. The van der Waals surface area contributed by atoms with Gasteiger partial charge in [0, 0.05) is 16.1 Å². The highest BCUT2D eigenvalue weighted by molar-refractivity contribution is 9.10. The van der Waals surface area contributed by atoms with Crippen LogP contribution in [0, 0.1) is 0 Å². The van der Waals surface area contributed by atoms with E-state index in [-0.39, 0.29) is 12.4 Å². The molecule has 1 saturated heterocycles. The topological polar surface area (TPSA) is 94.2 Å². The van der Waals surface area contributed by atoms with E-state index in [2.05, 4.69) is 21.2 Å². The summed E-state index contributed by atoms with van der Waals surface area (Å²) in [6.45, 7) is 2.26. The largest absolute Gasteiger partial charge is 0.493 e. The van der Waals surface area contributed by atoms with Crippen molar-refractivity contribution in [3.8, 4) is 17.2 Å². The second kappa shape index (κ2) is 7.59. The fraction of sp³-hybridized carbons (Fsp3) is 0.150. The molecule has 8 nitrogen and oxygen atoms in total. The second-order valence-electron chi connectivity index (χ2n) is 6.11. The Morgan fingerprint density at radius 1 is 1.14 bits per heavy atom. The quantitative estimate of drug-likeness (QED) is 0.558. The molecule has 4 rings (SSSR count). The number of rotatable bonds is 4. The maximum Gasteiger partial charge on any atom is 0.335 e. The predicted octanol–water partition coefficient (Wildman–Crippen LogP) is 3.24. The molecule has 0 bridgehead atoms. The molecular formula is C20H15BrN2O6. The van der Waals surface area contributed by atoms with E-state index in [0.717, 1.165) is 9.37 Å². The molecule has 2 aromatic rings. The van der Waals surface area contributed by atoms with Crippen LogP contribution in [0.2, 0.25) is 0 Å². The van der Waals surface area contributed by atoms with Crippen molar-refractivity contribution < 1.29 is 28.6 Å². The summed E-state index contributed by atoms with van der Waals surface area (Å²) in [5.74, 6) is -0.0990. The first-order chi connectivity index (χ1) is 14.0. The minimum absolute atomic E-state index is 0.0756. The van der Waals surface area contributed by atoms with Crippen molar-refractivity contribution in [1.29, 1.82) is 0 Å². The molecule has 2 aliphatic rings. The normalized spacial score (nSPS) is 17.0. The lowest BCUT2D eigenvalue weighted by Gasteiger charge is -2.26. The standard InChI is InChI=1S/C20H15BrN2O6/c1-2-27-15-9-17-16(28-10-29-17)8-11(15)7-14-18(24)22-20(26)23(19(14)25)13-5-3-12(21)4-6-13/h3-9H,2,10H2,1H3,(H,22,24,26)/b14-7+. The average molecular weight is 459 g/mol. The van der Waals surface area contributed by atoms with Crippen LogP contribution in [0.5, 0.6) is 17.2 Å². The van der Waals surface area contributed by atoms with E-state index in [0.29, 0.717) is 35.1 Å². The van der Waals surface area contributed by atoms with Crippen molar-refractivity contribution >= 4 is 45.5 Å². The number of anilines is 1. The summed E-state index contributed by atoms with van der Waals surface area (Å²) in [6.07, 6.45) is 1.38. The molecule has 0 aliphatic carbocycles. The van der Waals surface area contributed by atoms with Crippen molar-refractivity contribution in [2.75, 3.05) is 18.3 Å². The summed E-state index contributed by atoms with van der Waals surface area (Å²) in [5, 5.41) is 2.20. The first kappa shape index (κ1) is 19.0. The number of carbonyl (C=O) groups is 3. The van der Waals surface area contributed by atoms with E-state index < -0.39 is 17.8 Å². The van der Waals surface area contributed by atoms with Crippen molar-refractivity contribution in [1.82, 2.24) is 5.32 Å². The van der Waals surface area contributed by atoms with E-state index in [1.54, 1.807) is 36.4 Å². The third kappa shape index (κ3) is 3.56. The second-order valence-corrected chi connectivity index (χ2v) is 7.03. The number of amides is 4. The molecule has 4 amide bonds. The number of hydrogen-bond donors (Lipinski definition) is 1. The lowest BCUT2D eigenvalue weighted by molar-refractivity contribution is -0.122. The Morgan fingerprint density at radius 3 is 2.52 bits per heavy atom. The number of carbonyl (C=O) groups excluding carboxylic acids is 3. The molecule has 0 saturated carbocycles. The summed E-state index contributed by atoms with van der Waals surface area (Å²) in [5.41, 5.74) is 0.594. The summed E-state index contributed by atoms with van der Waals surface area (Å²) in [4.78, 5) is 38.6. The zero-order valence-corrected chi connectivity index (χ0v) is 16.8. The van der Waals surface area contributed by atoms with Crippen molar-refractivity contribution in [3.05, 3.63) is 52.0 Å². The third-order valence-electron chi connectivity index (χ3n) is 4.29. The third-order valence-corrected chi connectivity index (χ3v) is 4.82. The molecule has 1 N–H and O–H groups in total. The average Bonchev–Trinajstić information content (AvgIpc) is 3.14. The van der Waals surface area contributed by atoms with Crippen LogP contribution in [-0.2, 0) is 9.59 Å². The van der Waals surface area contributed by atoms with E-state index in [4.69, 9.17) is 14.2 Å². The van der Waals surface area contributed by atoms with Gasteiger partial charge in [-0.25, -0.2) is 9.69 Å². The van der Waals surface area contributed by atoms with Crippen LogP contribution in [0.3, 0.4) is 0 Å². The molecule has 2 aromatic carbocycles. The summed E-state index contributed by atoms with van der Waals surface area (Å²) >= 11 is 3.31. The zero-order valence-electron chi connectivity index (χ0n) is 15.2. The number of ether oxygens (including phenoxy) is 3. The van der Waals surface area contributed by atoms with Gasteiger partial charge in [0.2, 0.25) is 6.79 Å². The number of urea groups is 1. The molecular weight excluding hydrogens is 444 g/mol.